The Bertz CT molecular complexity index is 1040. The summed E-state index contributed by atoms with van der Waals surface area (Å²) in [5.41, 5.74) is 1.69. The Morgan fingerprint density at radius 2 is 2.07 bits per heavy atom. The molecule has 1 N–H and O–H groups in total. The molecule has 154 valence electrons. The molecule has 1 amide bonds. The quantitative estimate of drug-likeness (QED) is 0.535. The van der Waals surface area contributed by atoms with Crippen LogP contribution in [0.25, 0.3) is 0 Å². The van der Waals surface area contributed by atoms with Crippen molar-refractivity contribution in [2.24, 2.45) is 0 Å². The SMILES string of the molecule is CN(C)S(=O)(=O)c1ccc(SCC(=O)Nc2sc3c(c2C#N)CCCCC3)nc1. The third-order valence-corrected chi connectivity index (χ3v) is 8.57. The van der Waals surface area contributed by atoms with Crippen molar-refractivity contribution in [1.29, 1.82) is 5.26 Å². The summed E-state index contributed by atoms with van der Waals surface area (Å²) < 4.78 is 25.3. The van der Waals surface area contributed by atoms with E-state index in [1.807, 2.05) is 0 Å². The van der Waals surface area contributed by atoms with Crippen molar-refractivity contribution in [2.75, 3.05) is 25.2 Å². The molecule has 3 rings (SSSR count). The number of carbonyl (C=O) groups is 1. The van der Waals surface area contributed by atoms with Gasteiger partial charge in [-0.25, -0.2) is 17.7 Å². The molecule has 1 aliphatic rings. The van der Waals surface area contributed by atoms with Crippen molar-refractivity contribution in [2.45, 2.75) is 42.0 Å². The van der Waals surface area contributed by atoms with Crippen LogP contribution in [0.15, 0.2) is 28.3 Å². The zero-order valence-electron chi connectivity index (χ0n) is 16.3. The van der Waals surface area contributed by atoms with Gasteiger partial charge < -0.3 is 5.32 Å². The molecule has 0 saturated carbocycles. The van der Waals surface area contributed by atoms with Crippen molar-refractivity contribution in [1.82, 2.24) is 9.29 Å². The van der Waals surface area contributed by atoms with Crippen molar-refractivity contribution >= 4 is 44.0 Å². The minimum absolute atomic E-state index is 0.107. The van der Waals surface area contributed by atoms with Gasteiger partial charge in [0.2, 0.25) is 15.9 Å². The van der Waals surface area contributed by atoms with Gasteiger partial charge in [-0.2, -0.15) is 5.26 Å². The third-order valence-electron chi connectivity index (χ3n) is 4.62. The number of thiophene rings is 1. The van der Waals surface area contributed by atoms with E-state index in [1.165, 1.54) is 60.8 Å². The molecule has 0 fully saturated rings. The number of nitrogens with zero attached hydrogens (tertiary/aromatic N) is 3. The van der Waals surface area contributed by atoms with Crippen molar-refractivity contribution < 1.29 is 13.2 Å². The lowest BCUT2D eigenvalue weighted by Crippen LogP contribution is -2.22. The van der Waals surface area contributed by atoms with E-state index in [9.17, 15) is 18.5 Å². The van der Waals surface area contributed by atoms with Crippen LogP contribution in [0, 0.1) is 11.3 Å². The van der Waals surface area contributed by atoms with Crippen LogP contribution in [0.5, 0.6) is 0 Å². The first-order valence-corrected chi connectivity index (χ1v) is 12.4. The Kier molecular flexibility index (Phi) is 6.95. The van der Waals surface area contributed by atoms with Crippen LogP contribution in [0.3, 0.4) is 0 Å². The summed E-state index contributed by atoms with van der Waals surface area (Å²) >= 11 is 2.72. The second-order valence-electron chi connectivity index (χ2n) is 6.84. The van der Waals surface area contributed by atoms with Crippen LogP contribution in [-0.4, -0.2) is 43.5 Å². The predicted octanol–water partition coefficient (Wildman–Crippen LogP) is 3.26. The summed E-state index contributed by atoms with van der Waals surface area (Å²) in [4.78, 5) is 17.8. The second kappa shape index (κ2) is 9.26. The van der Waals surface area contributed by atoms with Gasteiger partial charge in [0.05, 0.1) is 16.3 Å². The van der Waals surface area contributed by atoms with Gasteiger partial charge in [-0.1, -0.05) is 18.2 Å². The minimum Gasteiger partial charge on any atom is -0.316 e. The maximum atomic E-state index is 12.4. The molecular weight excluding hydrogens is 428 g/mol. The van der Waals surface area contributed by atoms with E-state index < -0.39 is 10.0 Å². The van der Waals surface area contributed by atoms with Gasteiger partial charge in [0.15, 0.2) is 0 Å². The molecule has 29 heavy (non-hydrogen) atoms. The predicted molar refractivity (Wildman–Crippen MR) is 115 cm³/mol. The van der Waals surface area contributed by atoms with Gasteiger partial charge in [-0.05, 0) is 43.4 Å². The summed E-state index contributed by atoms with van der Waals surface area (Å²) in [5.74, 6) is -0.0880. The Balaban J connectivity index is 1.63. The van der Waals surface area contributed by atoms with Gasteiger partial charge in [0, 0.05) is 25.2 Å². The van der Waals surface area contributed by atoms with E-state index in [0.29, 0.717) is 15.6 Å². The molecule has 0 unspecified atom stereocenters. The van der Waals surface area contributed by atoms with Crippen LogP contribution in [-0.2, 0) is 27.7 Å². The summed E-state index contributed by atoms with van der Waals surface area (Å²) in [6.45, 7) is 0. The molecule has 0 saturated heterocycles. The molecule has 10 heteroatoms. The number of hydrogen-bond acceptors (Lipinski definition) is 7. The van der Waals surface area contributed by atoms with E-state index in [1.54, 1.807) is 6.07 Å². The number of amides is 1. The number of anilines is 1. The van der Waals surface area contributed by atoms with Crippen molar-refractivity contribution in [3.05, 3.63) is 34.3 Å². The van der Waals surface area contributed by atoms with Crippen LogP contribution in [0.2, 0.25) is 0 Å². The number of nitriles is 1. The molecule has 1 aliphatic carbocycles. The maximum Gasteiger partial charge on any atom is 0.244 e. The zero-order chi connectivity index (χ0) is 21.0. The number of aryl methyl sites for hydroxylation is 1. The molecule has 0 aliphatic heterocycles. The van der Waals surface area contributed by atoms with E-state index >= 15 is 0 Å². The van der Waals surface area contributed by atoms with Gasteiger partial charge in [-0.15, -0.1) is 11.3 Å². The van der Waals surface area contributed by atoms with Crippen LogP contribution in [0.4, 0.5) is 5.00 Å². The molecule has 0 atom stereocenters. The highest BCUT2D eigenvalue weighted by Gasteiger charge is 2.21. The maximum absolute atomic E-state index is 12.4. The molecule has 0 bridgehead atoms. The molecule has 2 aromatic rings. The summed E-state index contributed by atoms with van der Waals surface area (Å²) in [6.07, 6.45) is 6.52. The summed E-state index contributed by atoms with van der Waals surface area (Å²) in [7, 11) is -0.604. The lowest BCUT2D eigenvalue weighted by Gasteiger charge is -2.11. The number of aromatic nitrogens is 1. The molecule has 2 heterocycles. The highest BCUT2D eigenvalue weighted by Crippen LogP contribution is 2.37. The Hall–Kier alpha value is -1.93. The second-order valence-corrected chi connectivity index (χ2v) is 11.1. The van der Waals surface area contributed by atoms with E-state index in [2.05, 4.69) is 16.4 Å². The highest BCUT2D eigenvalue weighted by atomic mass is 32.2. The fraction of sp³-hybridized carbons (Fsp3) is 0.421. The first kappa shape index (κ1) is 21.8. The molecule has 0 radical (unpaired) electrons. The molecule has 0 aromatic carbocycles. The Morgan fingerprint density at radius 3 is 2.72 bits per heavy atom. The van der Waals surface area contributed by atoms with Gasteiger partial charge in [0.1, 0.15) is 16.0 Å². The number of fused-ring (bicyclic) bond motifs is 1. The molecular formula is C19H22N4O3S3. The number of hydrogen-bond donors (Lipinski definition) is 1. The highest BCUT2D eigenvalue weighted by molar-refractivity contribution is 7.99. The fourth-order valence-corrected chi connectivity index (χ4v) is 5.81. The van der Waals surface area contributed by atoms with E-state index in [0.717, 1.165) is 35.6 Å². The average Bonchev–Trinajstić information content (AvgIpc) is 2.85. The van der Waals surface area contributed by atoms with Crippen LogP contribution in [0.1, 0.15) is 35.3 Å². The molecule has 0 spiro atoms. The monoisotopic (exact) mass is 450 g/mol. The van der Waals surface area contributed by atoms with Crippen molar-refractivity contribution in [3.8, 4) is 6.07 Å². The first-order valence-electron chi connectivity index (χ1n) is 9.19. The smallest absolute Gasteiger partial charge is 0.244 e. The van der Waals surface area contributed by atoms with Gasteiger partial charge in [-0.3, -0.25) is 4.79 Å². The summed E-state index contributed by atoms with van der Waals surface area (Å²) in [6, 6.07) is 5.32. The number of rotatable bonds is 6. The Labute approximate surface area is 179 Å². The van der Waals surface area contributed by atoms with Gasteiger partial charge in [0.25, 0.3) is 0 Å². The van der Waals surface area contributed by atoms with E-state index in [4.69, 9.17) is 0 Å². The molecule has 2 aromatic heterocycles. The third kappa shape index (κ3) is 4.98. The standard InChI is InChI=1S/C19H22N4O3S3/c1-23(2)29(25,26)13-8-9-18(21-11-13)27-12-17(24)22-19-15(10-20)14-6-4-3-5-7-16(14)28-19/h8-9,11H,3-7,12H2,1-2H3,(H,22,24). The first-order chi connectivity index (χ1) is 13.8. The fourth-order valence-electron chi connectivity index (χ4n) is 3.07. The number of thioether (sulfide) groups is 1. The normalized spacial score (nSPS) is 14.1. The van der Waals surface area contributed by atoms with E-state index in [-0.39, 0.29) is 16.6 Å². The Morgan fingerprint density at radius 1 is 1.31 bits per heavy atom. The molecule has 7 nitrogen and oxygen atoms in total. The van der Waals surface area contributed by atoms with Crippen molar-refractivity contribution in [3.63, 3.8) is 0 Å². The zero-order valence-corrected chi connectivity index (χ0v) is 18.7. The number of sulfonamides is 1. The van der Waals surface area contributed by atoms with Gasteiger partial charge >= 0.3 is 0 Å². The van der Waals surface area contributed by atoms with Crippen LogP contribution < -0.4 is 5.32 Å². The largest absolute Gasteiger partial charge is 0.316 e. The topological polar surface area (TPSA) is 103 Å². The lowest BCUT2D eigenvalue weighted by atomic mass is 10.1. The number of nitrogens with one attached hydrogen (secondary N) is 1. The summed E-state index contributed by atoms with van der Waals surface area (Å²) in [5, 5.41) is 13.6. The number of carbonyl (C=O) groups excluding carboxylic acids is 1. The van der Waals surface area contributed by atoms with Crippen LogP contribution >= 0.6 is 23.1 Å². The lowest BCUT2D eigenvalue weighted by molar-refractivity contribution is -0.113. The minimum atomic E-state index is -3.52. The average molecular weight is 451 g/mol. The number of pyridine rings is 1.